The van der Waals surface area contributed by atoms with Gasteiger partial charge in [0.05, 0.1) is 7.11 Å². The number of esters is 1. The highest BCUT2D eigenvalue weighted by Gasteiger charge is 2.52. The molecule has 1 aromatic rings. The fraction of sp³-hybridized carbons (Fsp3) is 0.778. The van der Waals surface area contributed by atoms with Crippen molar-refractivity contribution in [2.45, 2.75) is 71.9 Å². The lowest BCUT2D eigenvalue weighted by molar-refractivity contribution is 0.0349. The summed E-state index contributed by atoms with van der Waals surface area (Å²) >= 11 is 0. The topological polar surface area (TPSA) is 104 Å². The van der Waals surface area contributed by atoms with Crippen LogP contribution in [-0.2, 0) is 15.9 Å². The molecule has 2 rings (SSSR count). The number of carbonyl (C=O) groups is 2. The first-order valence-corrected chi connectivity index (χ1v) is 8.80. The zero-order chi connectivity index (χ0) is 19.8. The van der Waals surface area contributed by atoms with E-state index in [0.29, 0.717) is 12.2 Å². The Morgan fingerprint density at radius 1 is 1.31 bits per heavy atom. The highest BCUT2D eigenvalue weighted by Crippen LogP contribution is 2.51. The Labute approximate surface area is 154 Å². The summed E-state index contributed by atoms with van der Waals surface area (Å²) < 4.78 is 14.9. The van der Waals surface area contributed by atoms with Crippen LogP contribution in [0.4, 0.5) is 4.79 Å². The van der Waals surface area contributed by atoms with Crippen LogP contribution in [0.5, 0.6) is 0 Å². The number of ether oxygens (including phenoxy) is 2. The van der Waals surface area contributed by atoms with E-state index in [-0.39, 0.29) is 17.2 Å². The van der Waals surface area contributed by atoms with E-state index < -0.39 is 23.2 Å². The zero-order valence-electron chi connectivity index (χ0n) is 16.6. The summed E-state index contributed by atoms with van der Waals surface area (Å²) in [7, 11) is 1.26. The van der Waals surface area contributed by atoms with Gasteiger partial charge in [-0.25, -0.2) is 9.59 Å². The lowest BCUT2D eigenvalue weighted by Gasteiger charge is -2.42. The maximum Gasteiger partial charge on any atom is 0.408 e. The van der Waals surface area contributed by atoms with Gasteiger partial charge >= 0.3 is 18.0 Å². The molecule has 146 valence electrons. The second kappa shape index (κ2) is 6.89. The maximum atomic E-state index is 12.3. The van der Waals surface area contributed by atoms with Crippen molar-refractivity contribution >= 4 is 12.1 Å². The number of alkyl carbamates (subject to hydrolysis) is 1. The van der Waals surface area contributed by atoms with Crippen molar-refractivity contribution in [3.63, 3.8) is 0 Å². The minimum absolute atomic E-state index is 0.145. The van der Waals surface area contributed by atoms with Gasteiger partial charge in [0.25, 0.3) is 0 Å². The molecule has 1 aliphatic rings. The normalized spacial score (nSPS) is 25.0. The van der Waals surface area contributed by atoms with Crippen molar-refractivity contribution in [1.29, 1.82) is 0 Å². The van der Waals surface area contributed by atoms with Gasteiger partial charge in [-0.05, 0) is 51.9 Å². The van der Waals surface area contributed by atoms with Gasteiger partial charge in [-0.15, -0.1) is 0 Å². The van der Waals surface area contributed by atoms with Crippen molar-refractivity contribution < 1.29 is 23.6 Å². The van der Waals surface area contributed by atoms with Crippen molar-refractivity contribution in [3.05, 3.63) is 11.7 Å². The number of aromatic nitrogens is 2. The number of carbonyl (C=O) groups excluding carboxylic acids is 2. The van der Waals surface area contributed by atoms with Gasteiger partial charge in [-0.3, -0.25) is 0 Å². The molecule has 0 radical (unpaired) electrons. The number of hydrogen-bond donors (Lipinski definition) is 1. The molecule has 1 amide bonds. The van der Waals surface area contributed by atoms with Crippen LogP contribution in [-0.4, -0.2) is 40.5 Å². The number of nitrogens with zero attached hydrogens (tertiary/aromatic N) is 2. The number of methoxy groups -OCH3 is 1. The molecule has 1 aliphatic carbocycles. The van der Waals surface area contributed by atoms with Crippen LogP contribution in [0.25, 0.3) is 0 Å². The Kier molecular flexibility index (Phi) is 5.35. The summed E-state index contributed by atoms with van der Waals surface area (Å²) in [5.41, 5.74) is -1.19. The van der Waals surface area contributed by atoms with E-state index in [1.807, 2.05) is 27.7 Å². The third-order valence-corrected chi connectivity index (χ3v) is 5.47. The third kappa shape index (κ3) is 4.16. The Morgan fingerprint density at radius 3 is 2.54 bits per heavy atom. The summed E-state index contributed by atoms with van der Waals surface area (Å²) in [5.74, 6) is -0.116. The first-order valence-electron chi connectivity index (χ1n) is 8.80. The first-order chi connectivity index (χ1) is 11.9. The van der Waals surface area contributed by atoms with Gasteiger partial charge in [0.1, 0.15) is 5.60 Å². The maximum absolute atomic E-state index is 12.3. The Hall–Kier alpha value is -2.12. The number of nitrogens with one attached hydrogen (secondary N) is 1. The molecule has 0 saturated heterocycles. The number of hydrogen-bond acceptors (Lipinski definition) is 7. The average Bonchev–Trinajstić information content (AvgIpc) is 3.03. The Balaban J connectivity index is 2.08. The predicted molar refractivity (Wildman–Crippen MR) is 93.6 cm³/mol. The zero-order valence-corrected chi connectivity index (χ0v) is 16.6. The summed E-state index contributed by atoms with van der Waals surface area (Å²) in [6.45, 7) is 11.8. The van der Waals surface area contributed by atoms with E-state index in [1.165, 1.54) is 7.11 Å². The molecular weight excluding hydrogens is 338 g/mol. The van der Waals surface area contributed by atoms with Crippen LogP contribution in [0, 0.1) is 11.3 Å². The van der Waals surface area contributed by atoms with E-state index in [2.05, 4.69) is 34.0 Å². The van der Waals surface area contributed by atoms with Crippen LogP contribution >= 0.6 is 0 Å². The number of amides is 1. The summed E-state index contributed by atoms with van der Waals surface area (Å²) in [6.07, 6.45) is 1.84. The highest BCUT2D eigenvalue weighted by atomic mass is 16.6. The predicted octanol–water partition coefficient (Wildman–Crippen LogP) is 3.12. The number of rotatable bonds is 4. The van der Waals surface area contributed by atoms with Gasteiger partial charge in [0, 0.05) is 12.0 Å². The van der Waals surface area contributed by atoms with Gasteiger partial charge in [0.15, 0.2) is 5.82 Å². The molecule has 1 heterocycles. The van der Waals surface area contributed by atoms with Crippen LogP contribution in [0.1, 0.15) is 70.9 Å². The second-order valence-electron chi connectivity index (χ2n) is 8.63. The van der Waals surface area contributed by atoms with Crippen molar-refractivity contribution in [2.24, 2.45) is 11.3 Å². The van der Waals surface area contributed by atoms with E-state index in [4.69, 9.17) is 9.26 Å². The molecule has 1 aromatic heterocycles. The fourth-order valence-electron chi connectivity index (χ4n) is 3.43. The van der Waals surface area contributed by atoms with Crippen molar-refractivity contribution in [1.82, 2.24) is 15.5 Å². The quantitative estimate of drug-likeness (QED) is 0.815. The Bertz CT molecular complexity index is 677. The average molecular weight is 367 g/mol. The molecule has 8 nitrogen and oxygen atoms in total. The summed E-state index contributed by atoms with van der Waals surface area (Å²) in [6, 6.07) is 0. The fourth-order valence-corrected chi connectivity index (χ4v) is 3.43. The minimum Gasteiger partial charge on any atom is -0.462 e. The van der Waals surface area contributed by atoms with Crippen LogP contribution in [0.2, 0.25) is 0 Å². The van der Waals surface area contributed by atoms with Crippen LogP contribution in [0.3, 0.4) is 0 Å². The second-order valence-corrected chi connectivity index (χ2v) is 8.63. The van der Waals surface area contributed by atoms with Gasteiger partial charge < -0.3 is 19.3 Å². The lowest BCUT2D eigenvalue weighted by Crippen LogP contribution is -2.55. The van der Waals surface area contributed by atoms with Gasteiger partial charge in [0.2, 0.25) is 0 Å². The molecule has 0 unspecified atom stereocenters. The molecule has 0 aromatic carbocycles. The summed E-state index contributed by atoms with van der Waals surface area (Å²) in [5, 5.41) is 6.92. The molecule has 0 aliphatic heterocycles. The lowest BCUT2D eigenvalue weighted by atomic mass is 9.70. The molecule has 26 heavy (non-hydrogen) atoms. The standard InChI is InChI=1S/C18H29N3O5/c1-16(2,3)25-15(23)20-18(6)9-8-11(17(18,4)5)10-12-19-13(26-21-12)14(22)24-7/h11H,8-10H2,1-7H3,(H,20,23)/t11-,18-/m0/s1. The molecule has 1 fully saturated rings. The molecule has 1 saturated carbocycles. The Morgan fingerprint density at radius 2 is 1.96 bits per heavy atom. The monoisotopic (exact) mass is 367 g/mol. The van der Waals surface area contributed by atoms with Crippen LogP contribution in [0.15, 0.2) is 4.52 Å². The van der Waals surface area contributed by atoms with Crippen molar-refractivity contribution in [3.8, 4) is 0 Å². The van der Waals surface area contributed by atoms with Gasteiger partial charge in [-0.1, -0.05) is 19.0 Å². The van der Waals surface area contributed by atoms with E-state index in [0.717, 1.165) is 12.8 Å². The van der Waals surface area contributed by atoms with E-state index in [9.17, 15) is 9.59 Å². The molecule has 1 N–H and O–H groups in total. The summed E-state index contributed by atoms with van der Waals surface area (Å²) in [4.78, 5) is 27.8. The molecule has 2 atom stereocenters. The first kappa shape index (κ1) is 20.2. The van der Waals surface area contributed by atoms with Crippen LogP contribution < -0.4 is 5.32 Å². The van der Waals surface area contributed by atoms with E-state index in [1.54, 1.807) is 0 Å². The van der Waals surface area contributed by atoms with E-state index >= 15 is 0 Å². The molecule has 8 heteroatoms. The molecular formula is C18H29N3O5. The van der Waals surface area contributed by atoms with Crippen molar-refractivity contribution in [2.75, 3.05) is 7.11 Å². The third-order valence-electron chi connectivity index (χ3n) is 5.47. The van der Waals surface area contributed by atoms with Gasteiger partial charge in [-0.2, -0.15) is 4.98 Å². The minimum atomic E-state index is -0.647. The SMILES string of the molecule is COC(=O)c1nc(C[C@@H]2CC[C@](C)(NC(=O)OC(C)(C)C)C2(C)C)no1. The smallest absolute Gasteiger partial charge is 0.408 e. The molecule has 0 spiro atoms. The largest absolute Gasteiger partial charge is 0.462 e. The molecule has 0 bridgehead atoms. The highest BCUT2D eigenvalue weighted by molar-refractivity contribution is 5.83.